The van der Waals surface area contributed by atoms with E-state index in [1.54, 1.807) is 0 Å². The normalized spacial score (nSPS) is 19.7. The van der Waals surface area contributed by atoms with Crippen LogP contribution in [0.3, 0.4) is 0 Å². The molecular weight excluding hydrogens is 188 g/mol. The van der Waals surface area contributed by atoms with Crippen LogP contribution in [-0.4, -0.2) is 17.5 Å². The molecule has 1 aliphatic rings. The first-order valence-corrected chi connectivity index (χ1v) is 5.42. The van der Waals surface area contributed by atoms with Crippen molar-refractivity contribution in [3.8, 4) is 0 Å². The molecule has 0 saturated carbocycles. The Kier molecular flexibility index (Phi) is 2.87. The van der Waals surface area contributed by atoms with Crippen molar-refractivity contribution in [2.45, 2.75) is 26.2 Å². The first-order chi connectivity index (χ1) is 7.20. The third kappa shape index (κ3) is 2.10. The van der Waals surface area contributed by atoms with Gasteiger partial charge in [0.2, 0.25) is 0 Å². The van der Waals surface area contributed by atoms with Crippen LogP contribution in [0.15, 0.2) is 18.2 Å². The Morgan fingerprint density at radius 3 is 3.00 bits per heavy atom. The van der Waals surface area contributed by atoms with Crippen LogP contribution in [0.2, 0.25) is 0 Å². The lowest BCUT2D eigenvalue weighted by atomic mass is 9.81. The molecule has 2 nitrogen and oxygen atoms in total. The highest BCUT2D eigenvalue weighted by Gasteiger charge is 2.23. The number of aryl methyl sites for hydroxylation is 2. The van der Waals surface area contributed by atoms with Gasteiger partial charge in [0.1, 0.15) is 6.61 Å². The monoisotopic (exact) mass is 204 g/mol. The molecule has 0 aromatic heterocycles. The smallest absolute Gasteiger partial charge is 0.161 e. The third-order valence-electron chi connectivity index (χ3n) is 3.20. The quantitative estimate of drug-likeness (QED) is 0.795. The second-order valence-electron chi connectivity index (χ2n) is 4.34. The fraction of sp³-hybridized carbons (Fsp3) is 0.462. The minimum Gasteiger partial charge on any atom is -0.389 e. The van der Waals surface area contributed by atoms with Crippen molar-refractivity contribution in [1.29, 1.82) is 0 Å². The number of hydrogen-bond donors (Lipinski definition) is 1. The van der Waals surface area contributed by atoms with E-state index in [4.69, 9.17) is 5.11 Å². The average molecular weight is 204 g/mol. The average Bonchev–Trinajstić information content (AvgIpc) is 2.27. The molecule has 0 heterocycles. The van der Waals surface area contributed by atoms with Crippen LogP contribution in [-0.2, 0) is 17.6 Å². The van der Waals surface area contributed by atoms with Crippen LogP contribution in [0.5, 0.6) is 0 Å². The van der Waals surface area contributed by atoms with Crippen LogP contribution in [0.4, 0.5) is 0 Å². The van der Waals surface area contributed by atoms with Crippen LogP contribution in [0, 0.1) is 12.8 Å². The van der Waals surface area contributed by atoms with E-state index in [0.29, 0.717) is 0 Å². The number of Topliss-reactive ketones (excluding diaryl/α,β-unsaturated/α-hetero) is 1. The first kappa shape index (κ1) is 10.4. The lowest BCUT2D eigenvalue weighted by Gasteiger charge is -2.23. The fourth-order valence-electron chi connectivity index (χ4n) is 2.29. The highest BCUT2D eigenvalue weighted by Crippen LogP contribution is 2.26. The molecular formula is C13H16O2. The summed E-state index contributed by atoms with van der Waals surface area (Å²) in [6.07, 6.45) is 2.65. The van der Waals surface area contributed by atoms with Gasteiger partial charge in [0.25, 0.3) is 0 Å². The summed E-state index contributed by atoms with van der Waals surface area (Å²) in [5.41, 5.74) is 3.89. The summed E-state index contributed by atoms with van der Waals surface area (Å²) in [5, 5.41) is 8.84. The molecule has 1 aliphatic carbocycles. The molecule has 1 unspecified atom stereocenters. The van der Waals surface area contributed by atoms with E-state index in [9.17, 15) is 4.79 Å². The largest absolute Gasteiger partial charge is 0.389 e. The van der Waals surface area contributed by atoms with E-state index in [-0.39, 0.29) is 18.3 Å². The molecule has 80 valence electrons. The summed E-state index contributed by atoms with van der Waals surface area (Å²) >= 11 is 0. The molecule has 15 heavy (non-hydrogen) atoms. The summed E-state index contributed by atoms with van der Waals surface area (Å²) < 4.78 is 0. The Labute approximate surface area is 89.9 Å². The number of hydrogen-bond acceptors (Lipinski definition) is 2. The maximum absolute atomic E-state index is 11.4. The van der Waals surface area contributed by atoms with Crippen molar-refractivity contribution in [3.63, 3.8) is 0 Å². The molecule has 0 bridgehead atoms. The molecule has 1 aromatic carbocycles. The van der Waals surface area contributed by atoms with Crippen molar-refractivity contribution in [2.24, 2.45) is 5.92 Å². The van der Waals surface area contributed by atoms with Gasteiger partial charge in [-0.15, -0.1) is 0 Å². The number of carbonyl (C=O) groups excluding carboxylic acids is 1. The standard InChI is InChI=1S/C13H16O2/c1-9-2-3-10-4-5-11(13(15)8-14)7-12(10)6-9/h2-3,6,11,14H,4-5,7-8H2,1H3. The number of fused-ring (bicyclic) bond motifs is 1. The van der Waals surface area contributed by atoms with Crippen molar-refractivity contribution in [3.05, 3.63) is 34.9 Å². The Balaban J connectivity index is 2.22. The predicted octanol–water partition coefficient (Wildman–Crippen LogP) is 1.66. The number of carbonyl (C=O) groups is 1. The van der Waals surface area contributed by atoms with Gasteiger partial charge in [-0.25, -0.2) is 0 Å². The zero-order valence-corrected chi connectivity index (χ0v) is 8.99. The third-order valence-corrected chi connectivity index (χ3v) is 3.20. The summed E-state index contributed by atoms with van der Waals surface area (Å²) in [6.45, 7) is 1.75. The van der Waals surface area contributed by atoms with Gasteiger partial charge in [0, 0.05) is 5.92 Å². The molecule has 0 fully saturated rings. The molecule has 2 rings (SSSR count). The minimum absolute atomic E-state index is 0.0119. The fourth-order valence-corrected chi connectivity index (χ4v) is 2.29. The highest BCUT2D eigenvalue weighted by atomic mass is 16.3. The molecule has 1 aromatic rings. The number of benzene rings is 1. The van der Waals surface area contributed by atoms with E-state index in [0.717, 1.165) is 19.3 Å². The zero-order chi connectivity index (χ0) is 10.8. The van der Waals surface area contributed by atoms with Gasteiger partial charge in [0.15, 0.2) is 5.78 Å². The maximum atomic E-state index is 11.4. The van der Waals surface area contributed by atoms with E-state index in [1.807, 2.05) is 0 Å². The Morgan fingerprint density at radius 2 is 2.27 bits per heavy atom. The molecule has 2 heteroatoms. The molecule has 0 radical (unpaired) electrons. The summed E-state index contributed by atoms with van der Waals surface area (Å²) in [5.74, 6) is 0.0199. The summed E-state index contributed by atoms with van der Waals surface area (Å²) in [7, 11) is 0. The van der Waals surface area contributed by atoms with Gasteiger partial charge in [-0.3, -0.25) is 4.79 Å². The van der Waals surface area contributed by atoms with Crippen molar-refractivity contribution < 1.29 is 9.90 Å². The van der Waals surface area contributed by atoms with E-state index >= 15 is 0 Å². The number of aliphatic hydroxyl groups excluding tert-OH is 1. The molecule has 0 aliphatic heterocycles. The molecule has 0 spiro atoms. The molecule has 0 amide bonds. The van der Waals surface area contributed by atoms with E-state index in [1.165, 1.54) is 16.7 Å². The van der Waals surface area contributed by atoms with Gasteiger partial charge in [-0.05, 0) is 37.3 Å². The first-order valence-electron chi connectivity index (χ1n) is 5.42. The second kappa shape index (κ2) is 4.15. The number of aliphatic hydroxyl groups is 1. The van der Waals surface area contributed by atoms with Crippen LogP contribution >= 0.6 is 0 Å². The maximum Gasteiger partial charge on any atom is 0.161 e. The minimum atomic E-state index is -0.314. The Hall–Kier alpha value is -1.15. The van der Waals surface area contributed by atoms with Gasteiger partial charge in [0.05, 0.1) is 0 Å². The van der Waals surface area contributed by atoms with Crippen molar-refractivity contribution in [2.75, 3.05) is 6.61 Å². The Morgan fingerprint density at radius 1 is 1.47 bits per heavy atom. The molecule has 1 atom stereocenters. The van der Waals surface area contributed by atoms with Crippen molar-refractivity contribution >= 4 is 5.78 Å². The van der Waals surface area contributed by atoms with Gasteiger partial charge < -0.3 is 5.11 Å². The molecule has 1 N–H and O–H groups in total. The summed E-state index contributed by atoms with van der Waals surface area (Å²) in [4.78, 5) is 11.4. The summed E-state index contributed by atoms with van der Waals surface area (Å²) in [6, 6.07) is 6.43. The van der Waals surface area contributed by atoms with E-state index < -0.39 is 0 Å². The van der Waals surface area contributed by atoms with Gasteiger partial charge >= 0.3 is 0 Å². The van der Waals surface area contributed by atoms with Crippen LogP contribution in [0.25, 0.3) is 0 Å². The zero-order valence-electron chi connectivity index (χ0n) is 8.99. The lowest BCUT2D eigenvalue weighted by Crippen LogP contribution is -2.24. The van der Waals surface area contributed by atoms with Crippen LogP contribution < -0.4 is 0 Å². The van der Waals surface area contributed by atoms with Gasteiger partial charge in [-0.1, -0.05) is 23.8 Å². The highest BCUT2D eigenvalue weighted by molar-refractivity contribution is 5.82. The molecule has 0 saturated heterocycles. The SMILES string of the molecule is Cc1ccc2c(c1)CC(C(=O)CO)CC2. The lowest BCUT2D eigenvalue weighted by molar-refractivity contribution is -0.125. The van der Waals surface area contributed by atoms with E-state index in [2.05, 4.69) is 25.1 Å². The van der Waals surface area contributed by atoms with Gasteiger partial charge in [-0.2, -0.15) is 0 Å². The van der Waals surface area contributed by atoms with Crippen molar-refractivity contribution in [1.82, 2.24) is 0 Å². The topological polar surface area (TPSA) is 37.3 Å². The predicted molar refractivity (Wildman–Crippen MR) is 58.8 cm³/mol. The Bertz CT molecular complexity index is 382. The van der Waals surface area contributed by atoms with Crippen LogP contribution in [0.1, 0.15) is 23.1 Å². The second-order valence-corrected chi connectivity index (χ2v) is 4.34. The number of ketones is 1. The number of rotatable bonds is 2.